The first-order valence-electron chi connectivity index (χ1n) is 11.8. The zero-order valence-corrected chi connectivity index (χ0v) is 21.0. The van der Waals surface area contributed by atoms with Crippen molar-refractivity contribution in [2.45, 2.75) is 43.9 Å². The number of rotatable bonds is 5. The van der Waals surface area contributed by atoms with E-state index in [9.17, 15) is 8.42 Å². The van der Waals surface area contributed by atoms with Crippen LogP contribution in [0.1, 0.15) is 25.1 Å². The van der Waals surface area contributed by atoms with E-state index in [2.05, 4.69) is 18.7 Å². The van der Waals surface area contributed by atoms with Gasteiger partial charge in [0.25, 0.3) is 0 Å². The maximum absolute atomic E-state index is 13.5. The smallest absolute Gasteiger partial charge is 0.243 e. The van der Waals surface area contributed by atoms with Crippen LogP contribution >= 0.6 is 0 Å². The summed E-state index contributed by atoms with van der Waals surface area (Å²) in [6.07, 6.45) is 0.620. The third-order valence-electron chi connectivity index (χ3n) is 6.45. The predicted octanol–water partition coefficient (Wildman–Crippen LogP) is 3.51. The van der Waals surface area contributed by atoms with E-state index in [0.29, 0.717) is 37.6 Å². The molecule has 0 spiro atoms. The van der Waals surface area contributed by atoms with Crippen molar-refractivity contribution in [1.29, 1.82) is 0 Å². The lowest BCUT2D eigenvalue weighted by Gasteiger charge is -2.38. The fraction of sp³-hybridized carbons (Fsp3) is 0.385. The van der Waals surface area contributed by atoms with Crippen molar-refractivity contribution >= 4 is 15.8 Å². The highest BCUT2D eigenvalue weighted by Gasteiger charge is 2.34. The summed E-state index contributed by atoms with van der Waals surface area (Å²) in [5.74, 6) is 2.08. The van der Waals surface area contributed by atoms with E-state index in [4.69, 9.17) is 19.4 Å². The number of methoxy groups -OCH3 is 1. The van der Waals surface area contributed by atoms with Crippen molar-refractivity contribution in [3.63, 3.8) is 0 Å². The lowest BCUT2D eigenvalue weighted by atomic mass is 10.1. The molecule has 1 fully saturated rings. The molecule has 0 saturated carbocycles. The van der Waals surface area contributed by atoms with Crippen LogP contribution in [-0.4, -0.2) is 61.6 Å². The molecule has 0 amide bonds. The fourth-order valence-electron chi connectivity index (χ4n) is 4.80. The number of anilines is 1. The summed E-state index contributed by atoms with van der Waals surface area (Å²) in [5, 5.41) is 0. The molecule has 2 atom stereocenters. The fourth-order valence-corrected chi connectivity index (χ4v) is 6.21. The minimum absolute atomic E-state index is 0.0484. The summed E-state index contributed by atoms with van der Waals surface area (Å²) in [4.78, 5) is 12.3. The number of fused-ring (bicyclic) bond motifs is 1. The molecular formula is C26H30N4O4S. The van der Waals surface area contributed by atoms with Crippen LogP contribution in [0.2, 0.25) is 0 Å². The van der Waals surface area contributed by atoms with E-state index in [1.54, 1.807) is 31.4 Å². The van der Waals surface area contributed by atoms with Gasteiger partial charge in [-0.05, 0) is 38.1 Å². The van der Waals surface area contributed by atoms with Gasteiger partial charge in [0.1, 0.15) is 11.6 Å². The Morgan fingerprint density at radius 2 is 1.66 bits per heavy atom. The quantitative estimate of drug-likeness (QED) is 0.537. The van der Waals surface area contributed by atoms with Gasteiger partial charge >= 0.3 is 0 Å². The normalized spacial score (nSPS) is 20.9. The average Bonchev–Trinajstić information content (AvgIpc) is 2.87. The van der Waals surface area contributed by atoms with Crippen LogP contribution in [0.3, 0.4) is 0 Å². The molecule has 184 valence electrons. The number of aromatic nitrogens is 2. The van der Waals surface area contributed by atoms with Gasteiger partial charge in [0.2, 0.25) is 10.0 Å². The lowest BCUT2D eigenvalue weighted by molar-refractivity contribution is -0.00555. The maximum atomic E-state index is 13.5. The van der Waals surface area contributed by atoms with Gasteiger partial charge in [-0.2, -0.15) is 4.31 Å². The summed E-state index contributed by atoms with van der Waals surface area (Å²) in [6, 6.07) is 16.4. The number of sulfonamides is 1. The second-order valence-electron chi connectivity index (χ2n) is 9.09. The Bertz CT molecular complexity index is 1290. The van der Waals surface area contributed by atoms with Crippen LogP contribution < -0.4 is 9.64 Å². The van der Waals surface area contributed by atoms with Gasteiger partial charge in [0.05, 0.1) is 29.9 Å². The summed E-state index contributed by atoms with van der Waals surface area (Å²) in [5.41, 5.74) is 2.72. The standard InChI is InChI=1S/C26H30N4O4S/c1-18-15-29(16-19(2)34-18)26-23-17-30(35(31,32)22-11-9-21(33-3)10-12-22)14-13-24(23)27-25(28-26)20-7-5-4-6-8-20/h4-12,18-19H,13-17H2,1-3H3. The Hall–Kier alpha value is -3.01. The first-order valence-corrected chi connectivity index (χ1v) is 13.3. The van der Waals surface area contributed by atoms with Crippen LogP contribution in [0, 0.1) is 0 Å². The molecular weight excluding hydrogens is 464 g/mol. The number of ether oxygens (including phenoxy) is 2. The Balaban J connectivity index is 1.55. The topological polar surface area (TPSA) is 84.9 Å². The van der Waals surface area contributed by atoms with Gasteiger partial charge in [0.15, 0.2) is 5.82 Å². The summed E-state index contributed by atoms with van der Waals surface area (Å²) < 4.78 is 39.6. The van der Waals surface area contributed by atoms with Crippen LogP contribution in [0.25, 0.3) is 11.4 Å². The van der Waals surface area contributed by atoms with Crippen molar-refractivity contribution in [3.8, 4) is 17.1 Å². The van der Waals surface area contributed by atoms with Crippen LogP contribution in [0.5, 0.6) is 5.75 Å². The van der Waals surface area contributed by atoms with Crippen LogP contribution in [-0.2, 0) is 27.7 Å². The predicted molar refractivity (Wildman–Crippen MR) is 134 cm³/mol. The Morgan fingerprint density at radius 3 is 2.31 bits per heavy atom. The number of hydrogen-bond donors (Lipinski definition) is 0. The highest BCUT2D eigenvalue weighted by Crippen LogP contribution is 2.33. The zero-order valence-electron chi connectivity index (χ0n) is 20.2. The molecule has 1 saturated heterocycles. The van der Waals surface area contributed by atoms with Crippen molar-refractivity contribution in [1.82, 2.24) is 14.3 Å². The van der Waals surface area contributed by atoms with Crippen molar-refractivity contribution < 1.29 is 17.9 Å². The Kier molecular flexibility index (Phi) is 6.48. The van der Waals surface area contributed by atoms with Gasteiger partial charge < -0.3 is 14.4 Å². The van der Waals surface area contributed by atoms with Crippen molar-refractivity contribution in [3.05, 3.63) is 65.9 Å². The van der Waals surface area contributed by atoms with Gasteiger partial charge in [-0.25, -0.2) is 18.4 Å². The van der Waals surface area contributed by atoms with Gasteiger partial charge in [-0.3, -0.25) is 0 Å². The highest BCUT2D eigenvalue weighted by atomic mass is 32.2. The highest BCUT2D eigenvalue weighted by molar-refractivity contribution is 7.89. The molecule has 0 radical (unpaired) electrons. The average molecular weight is 495 g/mol. The molecule has 8 nitrogen and oxygen atoms in total. The van der Waals surface area contributed by atoms with E-state index < -0.39 is 10.0 Å². The molecule has 2 aliphatic heterocycles. The van der Waals surface area contributed by atoms with Gasteiger partial charge in [-0.1, -0.05) is 30.3 Å². The van der Waals surface area contributed by atoms with Gasteiger partial charge in [0, 0.05) is 43.7 Å². The Morgan fingerprint density at radius 1 is 0.971 bits per heavy atom. The molecule has 0 N–H and O–H groups in total. The van der Waals surface area contributed by atoms with Crippen molar-refractivity contribution in [2.75, 3.05) is 31.6 Å². The minimum Gasteiger partial charge on any atom is -0.497 e. The molecule has 3 aromatic rings. The van der Waals surface area contributed by atoms with Gasteiger partial charge in [-0.15, -0.1) is 0 Å². The second-order valence-corrected chi connectivity index (χ2v) is 11.0. The third kappa shape index (κ3) is 4.76. The largest absolute Gasteiger partial charge is 0.497 e. The molecule has 2 aromatic carbocycles. The molecule has 2 unspecified atom stereocenters. The third-order valence-corrected chi connectivity index (χ3v) is 8.31. The number of morpholine rings is 1. The molecule has 3 heterocycles. The number of nitrogens with zero attached hydrogens (tertiary/aromatic N) is 4. The second kappa shape index (κ2) is 9.56. The van der Waals surface area contributed by atoms with E-state index in [0.717, 1.165) is 22.6 Å². The molecule has 0 bridgehead atoms. The molecule has 5 rings (SSSR count). The monoisotopic (exact) mass is 494 g/mol. The molecule has 35 heavy (non-hydrogen) atoms. The lowest BCUT2D eigenvalue weighted by Crippen LogP contribution is -2.47. The van der Waals surface area contributed by atoms with E-state index in [1.165, 1.54) is 4.31 Å². The summed E-state index contributed by atoms with van der Waals surface area (Å²) in [7, 11) is -2.12. The minimum atomic E-state index is -3.68. The SMILES string of the molecule is COc1ccc(S(=O)(=O)N2CCc3nc(-c4ccccc4)nc(N4CC(C)OC(C)C4)c3C2)cc1. The van der Waals surface area contributed by atoms with E-state index in [-0.39, 0.29) is 23.6 Å². The summed E-state index contributed by atoms with van der Waals surface area (Å²) >= 11 is 0. The Labute approximate surface area is 206 Å². The molecule has 9 heteroatoms. The maximum Gasteiger partial charge on any atom is 0.243 e. The first-order chi connectivity index (χ1) is 16.8. The van der Waals surface area contributed by atoms with E-state index >= 15 is 0 Å². The molecule has 0 aliphatic carbocycles. The first kappa shape index (κ1) is 23.7. The zero-order chi connectivity index (χ0) is 24.6. The number of hydrogen-bond acceptors (Lipinski definition) is 7. The summed E-state index contributed by atoms with van der Waals surface area (Å²) in [6.45, 7) is 6.07. The molecule has 2 aliphatic rings. The van der Waals surface area contributed by atoms with E-state index in [1.807, 2.05) is 30.3 Å². The van der Waals surface area contributed by atoms with Crippen LogP contribution in [0.15, 0.2) is 59.5 Å². The van der Waals surface area contributed by atoms with Crippen molar-refractivity contribution in [2.24, 2.45) is 0 Å². The molecule has 1 aromatic heterocycles. The number of benzene rings is 2. The van der Waals surface area contributed by atoms with Crippen LogP contribution in [0.4, 0.5) is 5.82 Å².